The molecule has 0 saturated carbocycles. The molecule has 0 aromatic carbocycles. The van der Waals surface area contributed by atoms with E-state index in [4.69, 9.17) is 4.74 Å². The molecule has 1 aromatic rings. The summed E-state index contributed by atoms with van der Waals surface area (Å²) < 4.78 is 6.08. The van der Waals surface area contributed by atoms with Crippen LogP contribution in [0.1, 0.15) is 53.8 Å². The third-order valence-electron chi connectivity index (χ3n) is 6.13. The number of nitrogens with one attached hydrogen (secondary N) is 1. The van der Waals surface area contributed by atoms with Crippen LogP contribution in [0.4, 0.5) is 0 Å². The smallest absolute Gasteiger partial charge is 0.275 e. The molecule has 0 radical (unpaired) electrons. The number of likely N-dealkylation sites (tertiary alicyclic amines) is 1. The molecule has 1 spiro atoms. The number of aromatic nitrogens is 2. The largest absolute Gasteiger partial charge is 0.353 e. The maximum atomic E-state index is 13.2. The molecule has 3 saturated heterocycles. The van der Waals surface area contributed by atoms with E-state index in [-0.39, 0.29) is 17.9 Å². The van der Waals surface area contributed by atoms with Crippen LogP contribution in [0.2, 0.25) is 0 Å². The monoisotopic (exact) mass is 330 g/mol. The van der Waals surface area contributed by atoms with Gasteiger partial charge in [0.2, 0.25) is 5.91 Å². The van der Waals surface area contributed by atoms with E-state index in [0.29, 0.717) is 31.7 Å². The first-order chi connectivity index (χ1) is 11.7. The second-order valence-corrected chi connectivity index (χ2v) is 7.30. The van der Waals surface area contributed by atoms with Gasteiger partial charge in [-0.25, -0.2) is 0 Å². The number of hydrogen-bond donors (Lipinski definition) is 1. The molecule has 4 heterocycles. The number of ether oxygens (including phenoxy) is 1. The van der Waals surface area contributed by atoms with Gasteiger partial charge in [-0.1, -0.05) is 0 Å². The molecule has 2 atom stereocenters. The van der Waals surface area contributed by atoms with Crippen LogP contribution in [0.3, 0.4) is 0 Å². The van der Waals surface area contributed by atoms with Crippen molar-refractivity contribution in [3.8, 4) is 0 Å². The first-order valence-electron chi connectivity index (χ1n) is 9.02. The average Bonchev–Trinajstić information content (AvgIpc) is 3.25. The minimum Gasteiger partial charge on any atom is -0.353 e. The van der Waals surface area contributed by atoms with E-state index >= 15 is 0 Å². The molecule has 4 aliphatic rings. The Morgan fingerprint density at radius 3 is 3.04 bits per heavy atom. The molecule has 1 N–H and O–H groups in total. The predicted octanol–water partition coefficient (Wildman–Crippen LogP) is 0.852. The first kappa shape index (κ1) is 14.5. The van der Waals surface area contributed by atoms with Gasteiger partial charge in [-0.15, -0.1) is 0 Å². The van der Waals surface area contributed by atoms with Crippen molar-refractivity contribution >= 4 is 11.8 Å². The van der Waals surface area contributed by atoms with Gasteiger partial charge in [-0.2, -0.15) is 5.10 Å². The number of aryl methyl sites for hydroxylation is 1. The molecule has 1 aliphatic carbocycles. The zero-order valence-corrected chi connectivity index (χ0v) is 13.7. The Kier molecular flexibility index (Phi) is 3.04. The SMILES string of the molecule is O=C(c1n[nH]c2c1CCCC2)N1CC[C@@]23OCCCN2C(=O)C[C@@H]13. The van der Waals surface area contributed by atoms with Gasteiger partial charge in [0.25, 0.3) is 5.91 Å². The van der Waals surface area contributed by atoms with Crippen molar-refractivity contribution in [2.75, 3.05) is 19.7 Å². The third kappa shape index (κ3) is 1.79. The number of aromatic amines is 1. The minimum atomic E-state index is -0.582. The Hall–Kier alpha value is -1.89. The molecule has 3 fully saturated rings. The summed E-state index contributed by atoms with van der Waals surface area (Å²) in [7, 11) is 0. The summed E-state index contributed by atoms with van der Waals surface area (Å²) in [5.74, 6) is 0.0707. The van der Waals surface area contributed by atoms with Crippen LogP contribution in [0, 0.1) is 0 Å². The van der Waals surface area contributed by atoms with E-state index < -0.39 is 5.72 Å². The molecule has 3 aliphatic heterocycles. The molecular formula is C17H22N4O3. The average molecular weight is 330 g/mol. The second-order valence-electron chi connectivity index (χ2n) is 7.30. The van der Waals surface area contributed by atoms with E-state index in [1.165, 1.54) is 0 Å². The highest BCUT2D eigenvalue weighted by atomic mass is 16.5. The molecule has 7 nitrogen and oxygen atoms in total. The number of carbonyl (C=O) groups excluding carboxylic acids is 2. The third-order valence-corrected chi connectivity index (χ3v) is 6.13. The lowest BCUT2D eigenvalue weighted by atomic mass is 9.95. The van der Waals surface area contributed by atoms with Crippen molar-refractivity contribution in [2.45, 2.75) is 56.7 Å². The fourth-order valence-corrected chi connectivity index (χ4v) is 4.99. The highest BCUT2D eigenvalue weighted by Gasteiger charge is 2.61. The van der Waals surface area contributed by atoms with E-state index in [9.17, 15) is 9.59 Å². The fraction of sp³-hybridized carbons (Fsp3) is 0.706. The summed E-state index contributed by atoms with van der Waals surface area (Å²) in [4.78, 5) is 29.3. The van der Waals surface area contributed by atoms with E-state index in [2.05, 4.69) is 10.2 Å². The summed E-state index contributed by atoms with van der Waals surface area (Å²) in [6.07, 6.45) is 6.10. The number of amides is 2. The number of fused-ring (bicyclic) bond motifs is 1. The van der Waals surface area contributed by atoms with Crippen molar-refractivity contribution in [2.24, 2.45) is 0 Å². The Morgan fingerprint density at radius 2 is 2.12 bits per heavy atom. The quantitative estimate of drug-likeness (QED) is 0.828. The Labute approximate surface area is 140 Å². The molecule has 5 rings (SSSR count). The van der Waals surface area contributed by atoms with Crippen LogP contribution < -0.4 is 0 Å². The van der Waals surface area contributed by atoms with Crippen LogP contribution in [0.25, 0.3) is 0 Å². The van der Waals surface area contributed by atoms with Crippen LogP contribution in [-0.4, -0.2) is 63.3 Å². The standard InChI is InChI=1S/C17H22N4O3/c22-14-10-13-17(21(14)7-3-9-24-17)6-8-20(13)16(23)15-11-4-1-2-5-12(11)18-19-15/h13H,1-10H2,(H,18,19)/t13-,17+/m1/s1. The second kappa shape index (κ2) is 5.05. The van der Waals surface area contributed by atoms with E-state index in [1.807, 2.05) is 9.80 Å². The van der Waals surface area contributed by atoms with Crippen LogP contribution in [0.5, 0.6) is 0 Å². The van der Waals surface area contributed by atoms with Gasteiger partial charge in [0.1, 0.15) is 0 Å². The van der Waals surface area contributed by atoms with Crippen molar-refractivity contribution < 1.29 is 14.3 Å². The Balaban J connectivity index is 1.47. The highest BCUT2D eigenvalue weighted by Crippen LogP contribution is 2.45. The Morgan fingerprint density at radius 1 is 1.25 bits per heavy atom. The van der Waals surface area contributed by atoms with Crippen LogP contribution >= 0.6 is 0 Å². The normalized spacial score (nSPS) is 31.8. The molecule has 24 heavy (non-hydrogen) atoms. The molecule has 1 aromatic heterocycles. The lowest BCUT2D eigenvalue weighted by Gasteiger charge is -2.42. The van der Waals surface area contributed by atoms with Gasteiger partial charge in [0, 0.05) is 30.8 Å². The number of carbonyl (C=O) groups is 2. The highest BCUT2D eigenvalue weighted by molar-refractivity contribution is 5.95. The van der Waals surface area contributed by atoms with Crippen molar-refractivity contribution in [1.29, 1.82) is 0 Å². The van der Waals surface area contributed by atoms with Gasteiger partial charge in [-0.3, -0.25) is 14.7 Å². The van der Waals surface area contributed by atoms with Gasteiger partial charge in [-0.05, 0) is 32.1 Å². The minimum absolute atomic E-state index is 0.0416. The van der Waals surface area contributed by atoms with Gasteiger partial charge < -0.3 is 14.5 Å². The number of rotatable bonds is 1. The topological polar surface area (TPSA) is 78.5 Å². The predicted molar refractivity (Wildman–Crippen MR) is 84.3 cm³/mol. The van der Waals surface area contributed by atoms with Crippen molar-refractivity contribution in [3.05, 3.63) is 17.0 Å². The molecule has 0 bridgehead atoms. The Bertz CT molecular complexity index is 715. The zero-order chi connectivity index (χ0) is 16.3. The van der Waals surface area contributed by atoms with Crippen LogP contribution in [-0.2, 0) is 22.4 Å². The maximum absolute atomic E-state index is 13.2. The molecule has 128 valence electrons. The number of hydrogen-bond acceptors (Lipinski definition) is 4. The summed E-state index contributed by atoms with van der Waals surface area (Å²) in [5.41, 5.74) is 2.17. The fourth-order valence-electron chi connectivity index (χ4n) is 4.99. The lowest BCUT2D eigenvalue weighted by Crippen LogP contribution is -2.56. The summed E-state index contributed by atoms with van der Waals surface area (Å²) in [6, 6.07) is -0.172. The molecule has 2 amide bonds. The van der Waals surface area contributed by atoms with Gasteiger partial charge in [0.15, 0.2) is 11.4 Å². The summed E-state index contributed by atoms with van der Waals surface area (Å²) in [6.45, 7) is 2.05. The maximum Gasteiger partial charge on any atom is 0.275 e. The lowest BCUT2D eigenvalue weighted by molar-refractivity contribution is -0.179. The van der Waals surface area contributed by atoms with Gasteiger partial charge >= 0.3 is 0 Å². The first-order valence-corrected chi connectivity index (χ1v) is 9.02. The van der Waals surface area contributed by atoms with Crippen molar-refractivity contribution in [3.63, 3.8) is 0 Å². The van der Waals surface area contributed by atoms with Crippen molar-refractivity contribution in [1.82, 2.24) is 20.0 Å². The molecule has 0 unspecified atom stereocenters. The summed E-state index contributed by atoms with van der Waals surface area (Å²) >= 11 is 0. The van der Waals surface area contributed by atoms with E-state index in [1.54, 1.807) is 0 Å². The molecule has 7 heteroatoms. The van der Waals surface area contributed by atoms with Gasteiger partial charge in [0.05, 0.1) is 19.1 Å². The van der Waals surface area contributed by atoms with Crippen LogP contribution in [0.15, 0.2) is 0 Å². The van der Waals surface area contributed by atoms with E-state index in [0.717, 1.165) is 49.9 Å². The zero-order valence-electron chi connectivity index (χ0n) is 13.7. The summed E-state index contributed by atoms with van der Waals surface area (Å²) in [5, 5.41) is 7.37. The number of H-pyrrole nitrogens is 1. The molecular weight excluding hydrogens is 308 g/mol. The number of nitrogens with zero attached hydrogens (tertiary/aromatic N) is 3.